The van der Waals surface area contributed by atoms with Crippen molar-refractivity contribution in [2.24, 2.45) is 0 Å². The molecule has 24 heavy (non-hydrogen) atoms. The number of benzene rings is 2. The van der Waals surface area contributed by atoms with Crippen LogP contribution in [-0.4, -0.2) is 18.0 Å². The number of carbonyl (C=O) groups excluding carboxylic acids is 1. The van der Waals surface area contributed by atoms with Gasteiger partial charge in [0, 0.05) is 17.5 Å². The summed E-state index contributed by atoms with van der Waals surface area (Å²) in [6.45, 7) is 2.53. The zero-order valence-electron chi connectivity index (χ0n) is 13.6. The second kappa shape index (κ2) is 7.27. The molecule has 0 unspecified atom stereocenters. The highest BCUT2D eigenvalue weighted by atomic mass is 32.1. The van der Waals surface area contributed by atoms with Gasteiger partial charge in [0.1, 0.15) is 16.5 Å². The lowest BCUT2D eigenvalue weighted by Gasteiger charge is -2.06. The van der Waals surface area contributed by atoms with Gasteiger partial charge in [-0.05, 0) is 42.3 Å². The van der Waals surface area contributed by atoms with Gasteiger partial charge in [0.2, 0.25) is 0 Å². The molecule has 1 heterocycles. The predicted molar refractivity (Wildman–Crippen MR) is 96.5 cm³/mol. The lowest BCUT2D eigenvalue weighted by molar-refractivity contribution is 0.0946. The zero-order chi connectivity index (χ0) is 16.9. The fraction of sp³-hybridized carbons (Fsp3) is 0.158. The number of amides is 1. The molecule has 0 saturated heterocycles. The first-order chi connectivity index (χ1) is 11.7. The van der Waals surface area contributed by atoms with E-state index in [0.29, 0.717) is 12.2 Å². The average Bonchev–Trinajstić information content (AvgIpc) is 3.11. The number of nitrogens with zero attached hydrogens (tertiary/aromatic N) is 1. The summed E-state index contributed by atoms with van der Waals surface area (Å²) >= 11 is 1.46. The van der Waals surface area contributed by atoms with E-state index in [0.717, 1.165) is 27.4 Å². The fourth-order valence-electron chi connectivity index (χ4n) is 2.32. The quantitative estimate of drug-likeness (QED) is 0.763. The molecule has 5 heteroatoms. The van der Waals surface area contributed by atoms with E-state index >= 15 is 0 Å². The van der Waals surface area contributed by atoms with Gasteiger partial charge >= 0.3 is 0 Å². The number of ether oxygens (including phenoxy) is 1. The lowest BCUT2D eigenvalue weighted by Crippen LogP contribution is -2.23. The third kappa shape index (κ3) is 3.63. The number of methoxy groups -OCH3 is 1. The molecule has 0 bridgehead atoms. The normalized spacial score (nSPS) is 10.4. The summed E-state index contributed by atoms with van der Waals surface area (Å²) in [6, 6.07) is 15.6. The van der Waals surface area contributed by atoms with Gasteiger partial charge in [0.25, 0.3) is 5.91 Å². The third-order valence-corrected chi connectivity index (χ3v) is 4.67. The Kier molecular flexibility index (Phi) is 4.91. The van der Waals surface area contributed by atoms with Crippen LogP contribution in [0.5, 0.6) is 5.75 Å². The lowest BCUT2D eigenvalue weighted by atomic mass is 10.1. The molecule has 1 N–H and O–H groups in total. The number of carbonyl (C=O) groups is 1. The minimum Gasteiger partial charge on any atom is -0.497 e. The number of hydrogen-bond donors (Lipinski definition) is 1. The second-order valence-electron chi connectivity index (χ2n) is 5.38. The number of nitrogens with one attached hydrogen (secondary N) is 1. The summed E-state index contributed by atoms with van der Waals surface area (Å²) in [6.07, 6.45) is 0. The number of aryl methyl sites for hydroxylation is 1. The Bertz CT molecular complexity index is 841. The minimum atomic E-state index is -0.158. The molecule has 0 saturated carbocycles. The Labute approximate surface area is 145 Å². The molecule has 122 valence electrons. The molecule has 0 aliphatic rings. The maximum Gasteiger partial charge on any atom is 0.271 e. The van der Waals surface area contributed by atoms with Crippen LogP contribution in [0.2, 0.25) is 0 Å². The molecule has 3 aromatic rings. The molecule has 0 atom stereocenters. The molecular formula is C19H18N2O2S. The van der Waals surface area contributed by atoms with Crippen LogP contribution < -0.4 is 10.1 Å². The van der Waals surface area contributed by atoms with Crippen molar-refractivity contribution in [3.63, 3.8) is 0 Å². The highest BCUT2D eigenvalue weighted by Crippen LogP contribution is 2.25. The number of rotatable bonds is 5. The standard InChI is InChI=1S/C19H18N2O2S/c1-13-5-3-4-6-15(13)11-20-18(22)17-12-24-19(21-17)14-7-9-16(23-2)10-8-14/h3-10,12H,11H2,1-2H3,(H,20,22). The Morgan fingerprint density at radius 2 is 1.92 bits per heavy atom. The van der Waals surface area contributed by atoms with Gasteiger partial charge in [-0.15, -0.1) is 11.3 Å². The van der Waals surface area contributed by atoms with E-state index < -0.39 is 0 Å². The van der Waals surface area contributed by atoms with Gasteiger partial charge in [-0.1, -0.05) is 24.3 Å². The molecule has 4 nitrogen and oxygen atoms in total. The topological polar surface area (TPSA) is 51.2 Å². The van der Waals surface area contributed by atoms with Crippen molar-refractivity contribution in [3.05, 3.63) is 70.7 Å². The van der Waals surface area contributed by atoms with E-state index in [1.165, 1.54) is 11.3 Å². The van der Waals surface area contributed by atoms with E-state index in [-0.39, 0.29) is 5.91 Å². The van der Waals surface area contributed by atoms with Crippen molar-refractivity contribution in [3.8, 4) is 16.3 Å². The van der Waals surface area contributed by atoms with Crippen molar-refractivity contribution in [1.29, 1.82) is 0 Å². The fourth-order valence-corrected chi connectivity index (χ4v) is 3.12. The van der Waals surface area contributed by atoms with E-state index in [1.54, 1.807) is 12.5 Å². The maximum absolute atomic E-state index is 12.3. The van der Waals surface area contributed by atoms with E-state index in [1.807, 2.05) is 55.5 Å². The largest absolute Gasteiger partial charge is 0.497 e. The molecule has 0 aliphatic carbocycles. The smallest absolute Gasteiger partial charge is 0.271 e. The van der Waals surface area contributed by atoms with Crippen LogP contribution in [0.15, 0.2) is 53.9 Å². The van der Waals surface area contributed by atoms with Gasteiger partial charge in [0.05, 0.1) is 7.11 Å². The first-order valence-corrected chi connectivity index (χ1v) is 8.48. The Morgan fingerprint density at radius 1 is 1.17 bits per heavy atom. The second-order valence-corrected chi connectivity index (χ2v) is 6.23. The van der Waals surface area contributed by atoms with Crippen LogP contribution in [0.4, 0.5) is 0 Å². The van der Waals surface area contributed by atoms with Gasteiger partial charge < -0.3 is 10.1 Å². The van der Waals surface area contributed by atoms with Crippen molar-refractivity contribution in [2.45, 2.75) is 13.5 Å². The van der Waals surface area contributed by atoms with Crippen molar-refractivity contribution >= 4 is 17.2 Å². The number of thiazole rings is 1. The zero-order valence-corrected chi connectivity index (χ0v) is 14.4. The van der Waals surface area contributed by atoms with Crippen LogP contribution in [0.25, 0.3) is 10.6 Å². The van der Waals surface area contributed by atoms with Crippen LogP contribution in [0.3, 0.4) is 0 Å². The minimum absolute atomic E-state index is 0.158. The molecule has 2 aromatic carbocycles. The Balaban J connectivity index is 1.68. The van der Waals surface area contributed by atoms with Crippen molar-refractivity contribution in [1.82, 2.24) is 10.3 Å². The van der Waals surface area contributed by atoms with Crippen LogP contribution in [0, 0.1) is 6.92 Å². The molecular weight excluding hydrogens is 320 g/mol. The van der Waals surface area contributed by atoms with Gasteiger partial charge in [-0.3, -0.25) is 4.79 Å². The predicted octanol–water partition coefficient (Wildman–Crippen LogP) is 4.06. The number of hydrogen-bond acceptors (Lipinski definition) is 4. The molecule has 0 aliphatic heterocycles. The summed E-state index contributed by atoms with van der Waals surface area (Å²) in [4.78, 5) is 16.7. The number of aromatic nitrogens is 1. The summed E-state index contributed by atoms with van der Waals surface area (Å²) in [7, 11) is 1.63. The molecule has 0 spiro atoms. The van der Waals surface area contributed by atoms with E-state index in [2.05, 4.69) is 10.3 Å². The molecule has 0 radical (unpaired) electrons. The average molecular weight is 338 g/mol. The van der Waals surface area contributed by atoms with E-state index in [9.17, 15) is 4.79 Å². The van der Waals surface area contributed by atoms with Gasteiger partial charge in [-0.25, -0.2) is 4.98 Å². The van der Waals surface area contributed by atoms with Crippen LogP contribution in [0.1, 0.15) is 21.6 Å². The van der Waals surface area contributed by atoms with Crippen molar-refractivity contribution < 1.29 is 9.53 Å². The summed E-state index contributed by atoms with van der Waals surface area (Å²) in [5, 5.41) is 5.53. The molecule has 3 rings (SSSR count). The highest BCUT2D eigenvalue weighted by Gasteiger charge is 2.12. The SMILES string of the molecule is COc1ccc(-c2nc(C(=O)NCc3ccccc3C)cs2)cc1. The van der Waals surface area contributed by atoms with Gasteiger partial charge in [-0.2, -0.15) is 0 Å². The first kappa shape index (κ1) is 16.2. The maximum atomic E-state index is 12.3. The highest BCUT2D eigenvalue weighted by molar-refractivity contribution is 7.13. The Morgan fingerprint density at radius 3 is 2.62 bits per heavy atom. The summed E-state index contributed by atoms with van der Waals surface area (Å²) < 4.78 is 5.15. The van der Waals surface area contributed by atoms with Gasteiger partial charge in [0.15, 0.2) is 0 Å². The molecule has 0 fully saturated rings. The third-order valence-electron chi connectivity index (χ3n) is 3.77. The Hall–Kier alpha value is -2.66. The first-order valence-electron chi connectivity index (χ1n) is 7.60. The monoisotopic (exact) mass is 338 g/mol. The summed E-state index contributed by atoms with van der Waals surface area (Å²) in [5.41, 5.74) is 3.68. The van der Waals surface area contributed by atoms with Crippen LogP contribution >= 0.6 is 11.3 Å². The molecule has 1 amide bonds. The summed E-state index contributed by atoms with van der Waals surface area (Å²) in [5.74, 6) is 0.640. The van der Waals surface area contributed by atoms with Crippen LogP contribution in [-0.2, 0) is 6.54 Å². The van der Waals surface area contributed by atoms with Crippen molar-refractivity contribution in [2.75, 3.05) is 7.11 Å². The van der Waals surface area contributed by atoms with E-state index in [4.69, 9.17) is 4.74 Å². The molecule has 1 aromatic heterocycles.